The van der Waals surface area contributed by atoms with Crippen molar-refractivity contribution < 1.29 is 53.7 Å². The lowest BCUT2D eigenvalue weighted by Gasteiger charge is -2.33. The predicted molar refractivity (Wildman–Crippen MR) is 161 cm³/mol. The molecule has 0 bridgehead atoms. The van der Waals surface area contributed by atoms with E-state index in [-0.39, 0.29) is 18.7 Å². The van der Waals surface area contributed by atoms with Gasteiger partial charge in [-0.15, -0.1) is 0 Å². The number of carbonyl (C=O) groups excluding carboxylic acids is 5. The van der Waals surface area contributed by atoms with E-state index >= 15 is 0 Å². The van der Waals surface area contributed by atoms with E-state index in [9.17, 15) is 48.6 Å². The number of carboxylic acids is 3. The van der Waals surface area contributed by atoms with Crippen molar-refractivity contribution in [2.75, 3.05) is 12.3 Å². The van der Waals surface area contributed by atoms with E-state index in [1.54, 1.807) is 27.7 Å². The summed E-state index contributed by atoms with van der Waals surface area (Å²) >= 11 is 3.93. The zero-order valence-corrected chi connectivity index (χ0v) is 26.5. The van der Waals surface area contributed by atoms with Gasteiger partial charge in [0.2, 0.25) is 29.5 Å². The molecule has 1 aliphatic rings. The summed E-state index contributed by atoms with van der Waals surface area (Å²) in [6.07, 6.45) is -0.576. The van der Waals surface area contributed by atoms with Gasteiger partial charge in [-0.3, -0.25) is 33.6 Å². The van der Waals surface area contributed by atoms with Crippen LogP contribution < -0.4 is 27.0 Å². The Morgan fingerprint density at radius 3 is 1.89 bits per heavy atom. The lowest BCUT2D eigenvalue weighted by molar-refractivity contribution is -0.145. The first-order valence-electron chi connectivity index (χ1n) is 14.5. The van der Waals surface area contributed by atoms with Gasteiger partial charge in [0, 0.05) is 12.3 Å². The van der Waals surface area contributed by atoms with E-state index in [4.69, 9.17) is 10.8 Å². The van der Waals surface area contributed by atoms with Crippen molar-refractivity contribution in [1.82, 2.24) is 26.2 Å². The molecule has 0 saturated carbocycles. The van der Waals surface area contributed by atoms with Crippen LogP contribution in [0.1, 0.15) is 59.8 Å². The van der Waals surface area contributed by atoms with Crippen LogP contribution in [0.15, 0.2) is 0 Å². The molecule has 1 aliphatic heterocycles. The highest BCUT2D eigenvalue weighted by Crippen LogP contribution is 2.21. The number of rotatable bonds is 18. The molecular weight excluding hydrogens is 616 g/mol. The molecule has 1 unspecified atom stereocenters. The quantitative estimate of drug-likeness (QED) is 0.0716. The molecule has 45 heavy (non-hydrogen) atoms. The number of hydrogen-bond acceptors (Lipinski definition) is 10. The maximum Gasteiger partial charge on any atom is 0.327 e. The van der Waals surface area contributed by atoms with Gasteiger partial charge in [-0.05, 0) is 24.7 Å². The summed E-state index contributed by atoms with van der Waals surface area (Å²) in [4.78, 5) is 100. The van der Waals surface area contributed by atoms with E-state index in [1.165, 1.54) is 4.90 Å². The smallest absolute Gasteiger partial charge is 0.327 e. The summed E-state index contributed by atoms with van der Waals surface area (Å²) in [5, 5.41) is 37.0. The molecule has 17 nitrogen and oxygen atoms in total. The molecule has 1 saturated heterocycles. The van der Waals surface area contributed by atoms with Crippen molar-refractivity contribution in [3.63, 3.8) is 0 Å². The summed E-state index contributed by atoms with van der Waals surface area (Å²) in [6.45, 7) is 6.86. The molecular formula is C27H44N6O11S. The summed E-state index contributed by atoms with van der Waals surface area (Å²) in [6, 6.07) is -7.95. The first-order valence-corrected chi connectivity index (χ1v) is 15.1. The topological polar surface area (TPSA) is 275 Å². The monoisotopic (exact) mass is 660 g/mol. The molecule has 0 aromatic carbocycles. The van der Waals surface area contributed by atoms with E-state index in [0.717, 1.165) is 0 Å². The van der Waals surface area contributed by atoms with Gasteiger partial charge in [0.05, 0.1) is 18.9 Å². The Hall–Kier alpha value is -3.93. The second-order valence-corrected chi connectivity index (χ2v) is 11.6. The van der Waals surface area contributed by atoms with Gasteiger partial charge in [0.25, 0.3) is 0 Å². The third-order valence-electron chi connectivity index (χ3n) is 7.40. The van der Waals surface area contributed by atoms with Crippen molar-refractivity contribution in [2.45, 2.75) is 96.1 Å². The fourth-order valence-corrected chi connectivity index (χ4v) is 4.84. The Kier molecular flexibility index (Phi) is 15.8. The Morgan fingerprint density at radius 1 is 0.822 bits per heavy atom. The van der Waals surface area contributed by atoms with Gasteiger partial charge in [0.15, 0.2) is 0 Å². The fraction of sp³-hybridized carbons (Fsp3) is 0.704. The highest BCUT2D eigenvalue weighted by molar-refractivity contribution is 7.80. The van der Waals surface area contributed by atoms with Gasteiger partial charge in [0.1, 0.15) is 30.2 Å². The van der Waals surface area contributed by atoms with Crippen molar-refractivity contribution in [2.24, 2.45) is 17.6 Å². The van der Waals surface area contributed by atoms with Crippen LogP contribution in [0.25, 0.3) is 0 Å². The van der Waals surface area contributed by atoms with Crippen molar-refractivity contribution in [3.05, 3.63) is 0 Å². The van der Waals surface area contributed by atoms with Gasteiger partial charge in [-0.1, -0.05) is 34.1 Å². The largest absolute Gasteiger partial charge is 0.481 e. The zero-order valence-electron chi connectivity index (χ0n) is 25.6. The zero-order chi connectivity index (χ0) is 34.6. The van der Waals surface area contributed by atoms with Crippen molar-refractivity contribution in [1.29, 1.82) is 0 Å². The lowest BCUT2D eigenvalue weighted by Crippen LogP contribution is -2.61. The second kappa shape index (κ2) is 18.1. The molecule has 0 aliphatic carbocycles. The maximum absolute atomic E-state index is 13.6. The minimum atomic E-state index is -1.70. The highest BCUT2D eigenvalue weighted by Gasteiger charge is 2.41. The van der Waals surface area contributed by atoms with E-state index < -0.39 is 108 Å². The van der Waals surface area contributed by atoms with Crippen LogP contribution in [0.4, 0.5) is 0 Å². The summed E-state index contributed by atoms with van der Waals surface area (Å²) < 4.78 is 0. The highest BCUT2D eigenvalue weighted by atomic mass is 32.1. The summed E-state index contributed by atoms with van der Waals surface area (Å²) in [7, 11) is 0. The molecule has 7 atom stereocenters. The normalized spacial score (nSPS) is 18.5. The van der Waals surface area contributed by atoms with E-state index in [0.29, 0.717) is 12.8 Å². The number of thiol groups is 1. The van der Waals surface area contributed by atoms with Gasteiger partial charge < -0.3 is 47.2 Å². The second-order valence-electron chi connectivity index (χ2n) is 11.2. The van der Waals surface area contributed by atoms with Crippen LogP contribution in [-0.4, -0.2) is 116 Å². The van der Waals surface area contributed by atoms with Gasteiger partial charge in [-0.25, -0.2) is 4.79 Å². The summed E-state index contributed by atoms with van der Waals surface area (Å²) in [5.74, 6) is -9.50. The first kappa shape index (κ1) is 39.1. The van der Waals surface area contributed by atoms with Crippen LogP contribution in [0.3, 0.4) is 0 Å². The van der Waals surface area contributed by atoms with Gasteiger partial charge in [-0.2, -0.15) is 12.6 Å². The Balaban J connectivity index is 3.17. The van der Waals surface area contributed by atoms with Crippen LogP contribution >= 0.6 is 12.6 Å². The lowest BCUT2D eigenvalue weighted by atomic mass is 9.95. The van der Waals surface area contributed by atoms with Crippen LogP contribution in [0, 0.1) is 11.8 Å². The third kappa shape index (κ3) is 11.8. The first-order chi connectivity index (χ1) is 20.9. The van der Waals surface area contributed by atoms with Crippen molar-refractivity contribution in [3.8, 4) is 0 Å². The summed E-state index contributed by atoms with van der Waals surface area (Å²) in [5.41, 5.74) is 5.53. The van der Waals surface area contributed by atoms with E-state index in [2.05, 4.69) is 33.9 Å². The molecule has 18 heteroatoms. The molecule has 0 aromatic heterocycles. The molecule has 0 aromatic rings. The molecule has 0 spiro atoms. The van der Waals surface area contributed by atoms with Crippen LogP contribution in [0.2, 0.25) is 0 Å². The molecule has 9 N–H and O–H groups in total. The molecule has 5 amide bonds. The average Bonchev–Trinajstić information content (AvgIpc) is 3.45. The number of nitrogens with two attached hydrogens (primary N) is 1. The number of carboxylic acid groups (broad SMARTS) is 3. The molecule has 254 valence electrons. The Morgan fingerprint density at radius 2 is 1.40 bits per heavy atom. The minimum absolute atomic E-state index is 0.165. The fourth-order valence-electron chi connectivity index (χ4n) is 4.59. The van der Waals surface area contributed by atoms with Gasteiger partial charge >= 0.3 is 17.9 Å². The molecule has 0 radical (unpaired) electrons. The molecule has 1 heterocycles. The van der Waals surface area contributed by atoms with Crippen LogP contribution in [0.5, 0.6) is 0 Å². The minimum Gasteiger partial charge on any atom is -0.481 e. The Bertz CT molecular complexity index is 1140. The molecule has 1 fully saturated rings. The number of amides is 5. The average molecular weight is 661 g/mol. The maximum atomic E-state index is 13.6. The van der Waals surface area contributed by atoms with Crippen molar-refractivity contribution >= 4 is 60.1 Å². The van der Waals surface area contributed by atoms with Crippen LogP contribution in [-0.2, 0) is 38.4 Å². The number of nitrogens with one attached hydrogen (secondary N) is 4. The number of likely N-dealkylation sites (tertiary alicyclic amines) is 1. The molecule has 1 rings (SSSR count). The van der Waals surface area contributed by atoms with E-state index in [1.807, 2.05) is 0 Å². The predicted octanol–water partition coefficient (Wildman–Crippen LogP) is -2.09. The SMILES string of the molecule is CC[C@H](C)[C@H](NC(=O)[C@H](CC(=O)O)NC(=O)[C@@H](N)CC(=O)O)C(=O)NC(C(=O)N1CCC[C@H]1C(=O)N[C@@H](CS)C(=O)O)C(C)C. The third-order valence-corrected chi connectivity index (χ3v) is 7.77. The number of nitrogens with zero attached hydrogens (tertiary/aromatic N) is 1. The Labute approximate surface area is 265 Å². The standard InChI is InChI=1S/C27H44N6O11S/c1-5-13(4)21(32-23(39)15(10-19(36)37)29-22(38)14(28)9-18(34)35)25(41)31-20(12(2)3)26(42)33-8-6-7-17(33)24(40)30-16(11-45)27(43)44/h12-17,20-21,45H,5-11,28H2,1-4H3,(H,29,38)(H,30,40)(H,31,41)(H,32,39)(H,34,35)(H,36,37)(H,43,44)/t13-,14-,15-,16-,17-,20?,21-/m0/s1. The number of hydrogen-bond donors (Lipinski definition) is 9. The number of aliphatic carboxylic acids is 3. The number of carbonyl (C=O) groups is 8.